The Kier molecular flexibility index (Phi) is 3.80. The van der Waals surface area contributed by atoms with Gasteiger partial charge in [-0.1, -0.05) is 6.07 Å². The lowest BCUT2D eigenvalue weighted by molar-refractivity contribution is -0.132. The number of carbonyl (C=O) groups is 2. The lowest BCUT2D eigenvalue weighted by Crippen LogP contribution is -2.44. The second-order valence-electron chi connectivity index (χ2n) is 6.30. The standard InChI is InChI=1S/C18H19N3O3/c22-17(20-8-1-2-9-20)14-12-21(18(23)15-6-4-10-24-15)11-13-5-3-7-19-16(13)14/h3-7,10,14H,1-2,8-9,11-12H2. The average Bonchev–Trinajstić information content (AvgIpc) is 3.32. The number of rotatable bonds is 2. The quantitative estimate of drug-likeness (QED) is 0.847. The van der Waals surface area contributed by atoms with Gasteiger partial charge in [-0.15, -0.1) is 0 Å². The number of carbonyl (C=O) groups excluding carboxylic acids is 2. The first kappa shape index (κ1) is 14.9. The number of aromatic nitrogens is 1. The Morgan fingerprint density at radius 2 is 1.96 bits per heavy atom. The molecule has 4 heterocycles. The van der Waals surface area contributed by atoms with E-state index in [1.165, 1.54) is 6.26 Å². The highest BCUT2D eigenvalue weighted by Gasteiger charge is 2.37. The van der Waals surface area contributed by atoms with Gasteiger partial charge in [0.1, 0.15) is 0 Å². The van der Waals surface area contributed by atoms with E-state index >= 15 is 0 Å². The highest BCUT2D eigenvalue weighted by atomic mass is 16.3. The van der Waals surface area contributed by atoms with Gasteiger partial charge in [-0.3, -0.25) is 14.6 Å². The molecule has 0 radical (unpaired) electrons. The molecule has 0 spiro atoms. The van der Waals surface area contributed by atoms with E-state index in [0.717, 1.165) is 37.2 Å². The molecule has 2 amide bonds. The minimum atomic E-state index is -0.396. The molecular weight excluding hydrogens is 306 g/mol. The molecule has 0 N–H and O–H groups in total. The Morgan fingerprint density at radius 1 is 1.12 bits per heavy atom. The van der Waals surface area contributed by atoms with Crippen LogP contribution >= 0.6 is 0 Å². The topological polar surface area (TPSA) is 66.7 Å². The van der Waals surface area contributed by atoms with E-state index in [0.29, 0.717) is 18.8 Å². The normalized spacial score (nSPS) is 20.1. The van der Waals surface area contributed by atoms with E-state index in [1.54, 1.807) is 23.2 Å². The molecule has 2 aliphatic heterocycles. The van der Waals surface area contributed by atoms with E-state index < -0.39 is 5.92 Å². The van der Waals surface area contributed by atoms with Crippen molar-refractivity contribution in [2.75, 3.05) is 19.6 Å². The molecule has 6 heteroatoms. The van der Waals surface area contributed by atoms with Crippen LogP contribution in [0, 0.1) is 0 Å². The average molecular weight is 325 g/mol. The molecule has 0 aliphatic carbocycles. The van der Waals surface area contributed by atoms with E-state index in [1.807, 2.05) is 17.0 Å². The zero-order valence-corrected chi connectivity index (χ0v) is 13.4. The molecule has 124 valence electrons. The zero-order chi connectivity index (χ0) is 16.5. The Balaban J connectivity index is 1.65. The number of likely N-dealkylation sites (tertiary alicyclic amines) is 1. The summed E-state index contributed by atoms with van der Waals surface area (Å²) in [6.45, 7) is 2.39. The number of furan rings is 1. The summed E-state index contributed by atoms with van der Waals surface area (Å²) in [4.78, 5) is 33.6. The summed E-state index contributed by atoms with van der Waals surface area (Å²) in [7, 11) is 0. The van der Waals surface area contributed by atoms with Gasteiger partial charge in [0.15, 0.2) is 5.76 Å². The summed E-state index contributed by atoms with van der Waals surface area (Å²) in [5.41, 5.74) is 1.74. The molecule has 4 rings (SSSR count). The third kappa shape index (κ3) is 2.58. The summed E-state index contributed by atoms with van der Waals surface area (Å²) < 4.78 is 5.23. The number of fused-ring (bicyclic) bond motifs is 1. The Morgan fingerprint density at radius 3 is 2.71 bits per heavy atom. The molecule has 1 fully saturated rings. The summed E-state index contributed by atoms with van der Waals surface area (Å²) in [6, 6.07) is 7.13. The highest BCUT2D eigenvalue weighted by molar-refractivity contribution is 5.93. The van der Waals surface area contributed by atoms with E-state index in [-0.39, 0.29) is 11.8 Å². The first-order valence-electron chi connectivity index (χ1n) is 8.29. The lowest BCUT2D eigenvalue weighted by atomic mass is 9.93. The monoisotopic (exact) mass is 325 g/mol. The molecule has 2 aliphatic rings. The van der Waals surface area contributed by atoms with Crippen LogP contribution < -0.4 is 0 Å². The van der Waals surface area contributed by atoms with E-state index in [2.05, 4.69) is 4.98 Å². The van der Waals surface area contributed by atoms with Gasteiger partial charge < -0.3 is 14.2 Å². The maximum absolute atomic E-state index is 12.9. The fraction of sp³-hybridized carbons (Fsp3) is 0.389. The predicted molar refractivity (Wildman–Crippen MR) is 86.2 cm³/mol. The molecular formula is C18H19N3O3. The summed E-state index contributed by atoms with van der Waals surface area (Å²) >= 11 is 0. The fourth-order valence-corrected chi connectivity index (χ4v) is 3.54. The molecule has 1 atom stereocenters. The van der Waals surface area contributed by atoms with Crippen molar-refractivity contribution in [1.29, 1.82) is 0 Å². The third-order valence-corrected chi connectivity index (χ3v) is 4.76. The summed E-state index contributed by atoms with van der Waals surface area (Å²) in [5.74, 6) is -0.209. The lowest BCUT2D eigenvalue weighted by Gasteiger charge is -2.34. The van der Waals surface area contributed by atoms with Crippen LogP contribution in [0.2, 0.25) is 0 Å². The molecule has 0 bridgehead atoms. The van der Waals surface area contributed by atoms with Crippen LogP contribution in [0.15, 0.2) is 41.1 Å². The van der Waals surface area contributed by atoms with Crippen LogP contribution in [-0.4, -0.2) is 46.2 Å². The molecule has 0 saturated carbocycles. The van der Waals surface area contributed by atoms with Crippen molar-refractivity contribution >= 4 is 11.8 Å². The highest BCUT2D eigenvalue weighted by Crippen LogP contribution is 2.30. The Bertz CT molecular complexity index is 751. The Labute approximate surface area is 140 Å². The van der Waals surface area contributed by atoms with Crippen molar-refractivity contribution in [2.24, 2.45) is 0 Å². The van der Waals surface area contributed by atoms with Gasteiger partial charge in [0.05, 0.1) is 17.9 Å². The molecule has 0 aromatic carbocycles. The van der Waals surface area contributed by atoms with Crippen LogP contribution in [0.5, 0.6) is 0 Å². The second kappa shape index (κ2) is 6.11. The number of pyridine rings is 1. The van der Waals surface area contributed by atoms with Gasteiger partial charge in [-0.2, -0.15) is 0 Å². The number of hydrogen-bond acceptors (Lipinski definition) is 4. The van der Waals surface area contributed by atoms with Crippen molar-refractivity contribution < 1.29 is 14.0 Å². The first-order chi connectivity index (χ1) is 11.7. The minimum absolute atomic E-state index is 0.0735. The molecule has 6 nitrogen and oxygen atoms in total. The largest absolute Gasteiger partial charge is 0.459 e. The Hall–Kier alpha value is -2.63. The maximum Gasteiger partial charge on any atom is 0.289 e. The molecule has 1 saturated heterocycles. The van der Waals surface area contributed by atoms with Crippen molar-refractivity contribution in [2.45, 2.75) is 25.3 Å². The van der Waals surface area contributed by atoms with Gasteiger partial charge in [-0.05, 0) is 36.6 Å². The number of nitrogens with zero attached hydrogens (tertiary/aromatic N) is 3. The van der Waals surface area contributed by atoms with Gasteiger partial charge >= 0.3 is 0 Å². The summed E-state index contributed by atoms with van der Waals surface area (Å²) in [5, 5.41) is 0. The summed E-state index contributed by atoms with van der Waals surface area (Å²) in [6.07, 6.45) is 5.29. The molecule has 2 aromatic rings. The first-order valence-corrected chi connectivity index (χ1v) is 8.29. The van der Waals surface area contributed by atoms with Crippen LogP contribution in [0.3, 0.4) is 0 Å². The maximum atomic E-state index is 12.9. The van der Waals surface area contributed by atoms with E-state index in [9.17, 15) is 9.59 Å². The number of amides is 2. The minimum Gasteiger partial charge on any atom is -0.459 e. The van der Waals surface area contributed by atoms with Crippen molar-refractivity contribution in [3.63, 3.8) is 0 Å². The fourth-order valence-electron chi connectivity index (χ4n) is 3.54. The van der Waals surface area contributed by atoms with Crippen molar-refractivity contribution in [3.8, 4) is 0 Å². The van der Waals surface area contributed by atoms with Gasteiger partial charge in [0.25, 0.3) is 5.91 Å². The predicted octanol–water partition coefficient (Wildman–Crippen LogP) is 2.04. The van der Waals surface area contributed by atoms with Gasteiger partial charge in [-0.25, -0.2) is 0 Å². The van der Waals surface area contributed by atoms with Crippen molar-refractivity contribution in [1.82, 2.24) is 14.8 Å². The molecule has 2 aromatic heterocycles. The molecule has 1 unspecified atom stereocenters. The SMILES string of the molecule is O=C(c1ccco1)N1Cc2cccnc2C(C(=O)N2CCCC2)C1. The van der Waals surface area contributed by atoms with E-state index in [4.69, 9.17) is 4.42 Å². The third-order valence-electron chi connectivity index (χ3n) is 4.76. The zero-order valence-electron chi connectivity index (χ0n) is 13.4. The number of hydrogen-bond donors (Lipinski definition) is 0. The van der Waals surface area contributed by atoms with Gasteiger partial charge in [0, 0.05) is 32.4 Å². The van der Waals surface area contributed by atoms with Crippen LogP contribution in [0.25, 0.3) is 0 Å². The second-order valence-corrected chi connectivity index (χ2v) is 6.30. The molecule has 24 heavy (non-hydrogen) atoms. The van der Waals surface area contributed by atoms with Crippen LogP contribution in [0.1, 0.15) is 40.6 Å². The van der Waals surface area contributed by atoms with Crippen molar-refractivity contribution in [3.05, 3.63) is 53.7 Å². The van der Waals surface area contributed by atoms with Gasteiger partial charge in [0.2, 0.25) is 5.91 Å². The van der Waals surface area contributed by atoms with Crippen LogP contribution in [0.4, 0.5) is 0 Å². The van der Waals surface area contributed by atoms with Crippen LogP contribution in [-0.2, 0) is 11.3 Å². The smallest absolute Gasteiger partial charge is 0.289 e.